The molecule has 1 aliphatic rings. The van der Waals surface area contributed by atoms with E-state index in [0.29, 0.717) is 17.1 Å². The standard InChI is InChI=1S/C18H18O4/c1-10-9-17(10,2)15-13(18(19,20)21)8-7-12-11-5-3-4-6-14(11)22-16(12)15/h3-8,10,19-21H,9H2,1-2H3. The highest BCUT2D eigenvalue weighted by Gasteiger charge is 2.52. The average Bonchev–Trinajstić information content (AvgIpc) is 2.92. The molecule has 0 amide bonds. The highest BCUT2D eigenvalue weighted by Crippen LogP contribution is 2.57. The molecule has 2 unspecified atom stereocenters. The Balaban J connectivity index is 2.14. The summed E-state index contributed by atoms with van der Waals surface area (Å²) in [5.41, 5.74) is 1.97. The first kappa shape index (κ1) is 13.8. The van der Waals surface area contributed by atoms with Crippen LogP contribution in [0.3, 0.4) is 0 Å². The zero-order chi connectivity index (χ0) is 15.7. The van der Waals surface area contributed by atoms with Gasteiger partial charge in [0.05, 0.1) is 0 Å². The fraction of sp³-hybridized carbons (Fsp3) is 0.333. The van der Waals surface area contributed by atoms with Crippen LogP contribution in [0.5, 0.6) is 0 Å². The maximum absolute atomic E-state index is 9.75. The lowest BCUT2D eigenvalue weighted by Crippen LogP contribution is -2.27. The maximum Gasteiger partial charge on any atom is 0.304 e. The van der Waals surface area contributed by atoms with E-state index in [-0.39, 0.29) is 11.0 Å². The van der Waals surface area contributed by atoms with E-state index in [1.54, 1.807) is 12.1 Å². The normalized spacial score (nSPS) is 25.0. The molecule has 2 aromatic carbocycles. The smallest absolute Gasteiger partial charge is 0.304 e. The molecule has 1 aliphatic carbocycles. The van der Waals surface area contributed by atoms with E-state index in [1.165, 1.54) is 0 Å². The number of fused-ring (bicyclic) bond motifs is 3. The maximum atomic E-state index is 9.75. The molecule has 1 saturated carbocycles. The van der Waals surface area contributed by atoms with Crippen LogP contribution in [0.2, 0.25) is 0 Å². The molecule has 1 aromatic heterocycles. The summed E-state index contributed by atoms with van der Waals surface area (Å²) in [5.74, 6) is -2.47. The second kappa shape index (κ2) is 4.10. The summed E-state index contributed by atoms with van der Waals surface area (Å²) in [4.78, 5) is 0. The van der Waals surface area contributed by atoms with Gasteiger partial charge in [-0.3, -0.25) is 0 Å². The zero-order valence-electron chi connectivity index (χ0n) is 12.5. The lowest BCUT2D eigenvalue weighted by molar-refractivity contribution is -0.324. The fourth-order valence-corrected chi connectivity index (χ4v) is 3.56. The number of hydrogen-bond acceptors (Lipinski definition) is 4. The molecule has 1 heterocycles. The lowest BCUT2D eigenvalue weighted by Gasteiger charge is -2.22. The van der Waals surface area contributed by atoms with E-state index in [2.05, 4.69) is 13.8 Å². The quantitative estimate of drug-likeness (QED) is 0.636. The van der Waals surface area contributed by atoms with Crippen LogP contribution in [-0.2, 0) is 11.4 Å². The van der Waals surface area contributed by atoms with E-state index >= 15 is 0 Å². The van der Waals surface area contributed by atoms with E-state index < -0.39 is 5.97 Å². The van der Waals surface area contributed by atoms with Gasteiger partial charge in [0.1, 0.15) is 11.2 Å². The Kier molecular flexibility index (Phi) is 2.57. The Morgan fingerprint density at radius 1 is 1.09 bits per heavy atom. The van der Waals surface area contributed by atoms with Crippen molar-refractivity contribution in [2.75, 3.05) is 0 Å². The van der Waals surface area contributed by atoms with Gasteiger partial charge >= 0.3 is 5.97 Å². The van der Waals surface area contributed by atoms with Gasteiger partial charge in [-0.2, -0.15) is 0 Å². The van der Waals surface area contributed by atoms with E-state index in [4.69, 9.17) is 4.42 Å². The SMILES string of the molecule is CC1CC1(C)c1c(C(O)(O)O)ccc2c1oc1ccccc12. The van der Waals surface area contributed by atoms with Gasteiger partial charge in [0.25, 0.3) is 0 Å². The van der Waals surface area contributed by atoms with Crippen molar-refractivity contribution in [2.24, 2.45) is 5.92 Å². The molecule has 0 radical (unpaired) electrons. The van der Waals surface area contributed by atoms with Crippen LogP contribution in [0.1, 0.15) is 31.4 Å². The van der Waals surface area contributed by atoms with E-state index in [1.807, 2.05) is 24.3 Å². The fourth-order valence-electron chi connectivity index (χ4n) is 3.56. The third kappa shape index (κ3) is 1.75. The minimum Gasteiger partial charge on any atom is -0.456 e. The van der Waals surface area contributed by atoms with Gasteiger partial charge in [-0.1, -0.05) is 32.0 Å². The van der Waals surface area contributed by atoms with Crippen LogP contribution in [0.25, 0.3) is 21.9 Å². The van der Waals surface area contributed by atoms with Crippen molar-refractivity contribution < 1.29 is 19.7 Å². The summed E-state index contributed by atoms with van der Waals surface area (Å²) in [6.45, 7) is 4.17. The highest BCUT2D eigenvalue weighted by atomic mass is 16.7. The number of aliphatic hydroxyl groups is 3. The summed E-state index contributed by atoms with van der Waals surface area (Å²) in [6, 6.07) is 11.1. The highest BCUT2D eigenvalue weighted by molar-refractivity contribution is 6.06. The molecule has 1 fully saturated rings. The van der Waals surface area contributed by atoms with Crippen LogP contribution < -0.4 is 0 Å². The summed E-state index contributed by atoms with van der Waals surface area (Å²) in [7, 11) is 0. The number of rotatable bonds is 2. The lowest BCUT2D eigenvalue weighted by atomic mass is 9.88. The van der Waals surface area contributed by atoms with Crippen LogP contribution >= 0.6 is 0 Å². The third-order valence-corrected chi connectivity index (χ3v) is 5.14. The number of furan rings is 1. The van der Waals surface area contributed by atoms with Gasteiger partial charge in [-0.05, 0) is 36.0 Å². The van der Waals surface area contributed by atoms with Gasteiger partial charge < -0.3 is 19.7 Å². The van der Waals surface area contributed by atoms with Gasteiger partial charge in [0.15, 0.2) is 0 Å². The minimum atomic E-state index is -2.87. The molecular formula is C18H18O4. The topological polar surface area (TPSA) is 73.8 Å². The van der Waals surface area contributed by atoms with Crippen molar-refractivity contribution in [3.05, 3.63) is 47.5 Å². The summed E-state index contributed by atoms with van der Waals surface area (Å²) < 4.78 is 6.00. The molecule has 3 N–H and O–H groups in total. The molecule has 0 aliphatic heterocycles. The summed E-state index contributed by atoms with van der Waals surface area (Å²) in [6.07, 6.45) is 0.923. The molecule has 4 rings (SSSR count). The van der Waals surface area contributed by atoms with Gasteiger partial charge in [0, 0.05) is 21.9 Å². The van der Waals surface area contributed by atoms with Crippen molar-refractivity contribution in [1.29, 1.82) is 0 Å². The molecule has 0 saturated heterocycles. The molecule has 114 valence electrons. The first-order chi connectivity index (χ1) is 10.3. The first-order valence-electron chi connectivity index (χ1n) is 7.44. The summed E-state index contributed by atoms with van der Waals surface area (Å²) >= 11 is 0. The molecule has 4 heteroatoms. The predicted molar refractivity (Wildman–Crippen MR) is 83.2 cm³/mol. The van der Waals surface area contributed by atoms with Gasteiger partial charge in [-0.15, -0.1) is 0 Å². The van der Waals surface area contributed by atoms with E-state index in [0.717, 1.165) is 22.8 Å². The third-order valence-electron chi connectivity index (χ3n) is 5.14. The van der Waals surface area contributed by atoms with Crippen LogP contribution in [0, 0.1) is 5.92 Å². The number of benzene rings is 2. The van der Waals surface area contributed by atoms with Crippen molar-refractivity contribution in [3.8, 4) is 0 Å². The van der Waals surface area contributed by atoms with Crippen molar-refractivity contribution in [3.63, 3.8) is 0 Å². The predicted octanol–water partition coefficient (Wildman–Crippen LogP) is 2.97. The molecule has 2 atom stereocenters. The Labute approximate surface area is 127 Å². The number of hydrogen-bond donors (Lipinski definition) is 3. The number of para-hydroxylation sites is 1. The molecule has 4 nitrogen and oxygen atoms in total. The molecule has 3 aromatic rings. The minimum absolute atomic E-state index is 0.103. The Hall–Kier alpha value is -1.88. The molecule has 0 bridgehead atoms. The van der Waals surface area contributed by atoms with Crippen LogP contribution in [0.15, 0.2) is 40.8 Å². The van der Waals surface area contributed by atoms with E-state index in [9.17, 15) is 15.3 Å². The second-order valence-electron chi connectivity index (χ2n) is 6.62. The average molecular weight is 298 g/mol. The van der Waals surface area contributed by atoms with Crippen molar-refractivity contribution in [2.45, 2.75) is 31.7 Å². The van der Waals surface area contributed by atoms with Crippen molar-refractivity contribution >= 4 is 21.9 Å². The molecule has 0 spiro atoms. The molecular weight excluding hydrogens is 280 g/mol. The van der Waals surface area contributed by atoms with Gasteiger partial charge in [0.2, 0.25) is 0 Å². The van der Waals surface area contributed by atoms with Gasteiger partial charge in [-0.25, -0.2) is 0 Å². The van der Waals surface area contributed by atoms with Crippen molar-refractivity contribution in [1.82, 2.24) is 0 Å². The Bertz CT molecular complexity index is 887. The Morgan fingerprint density at radius 2 is 1.77 bits per heavy atom. The monoisotopic (exact) mass is 298 g/mol. The zero-order valence-corrected chi connectivity index (χ0v) is 12.5. The summed E-state index contributed by atoms with van der Waals surface area (Å²) in [5, 5.41) is 31.2. The van der Waals surface area contributed by atoms with Crippen LogP contribution in [-0.4, -0.2) is 15.3 Å². The van der Waals surface area contributed by atoms with Crippen LogP contribution in [0.4, 0.5) is 0 Å². The largest absolute Gasteiger partial charge is 0.456 e. The molecule has 22 heavy (non-hydrogen) atoms. The first-order valence-corrected chi connectivity index (χ1v) is 7.44. The Morgan fingerprint density at radius 3 is 2.41 bits per heavy atom. The second-order valence-corrected chi connectivity index (χ2v) is 6.62.